The van der Waals surface area contributed by atoms with E-state index in [2.05, 4.69) is 9.80 Å². The molecule has 3 aromatic carbocycles. The van der Waals surface area contributed by atoms with Crippen molar-refractivity contribution in [3.05, 3.63) is 66.0 Å². The fraction of sp³-hybridized carbons (Fsp3) is 0.333. The van der Waals surface area contributed by atoms with Gasteiger partial charge in [-0.2, -0.15) is 0 Å². The summed E-state index contributed by atoms with van der Waals surface area (Å²) in [4.78, 5) is 19.6. The Hall–Kier alpha value is -3.90. The van der Waals surface area contributed by atoms with Crippen LogP contribution in [0.5, 0.6) is 28.7 Å². The van der Waals surface area contributed by atoms with Crippen LogP contribution in [0.15, 0.2) is 54.6 Å². The highest BCUT2D eigenvalue weighted by atomic mass is 32.2. The molecule has 42 heavy (non-hydrogen) atoms. The van der Waals surface area contributed by atoms with Gasteiger partial charge in [-0.05, 0) is 42.0 Å². The van der Waals surface area contributed by atoms with E-state index in [0.29, 0.717) is 51.7 Å². The number of carbonyl (C=O) groups excluding carboxylic acids is 1. The van der Waals surface area contributed by atoms with Crippen molar-refractivity contribution in [3.8, 4) is 28.7 Å². The van der Waals surface area contributed by atoms with E-state index in [0.717, 1.165) is 18.8 Å². The molecule has 1 aliphatic heterocycles. The minimum atomic E-state index is -0.260. The van der Waals surface area contributed by atoms with Crippen LogP contribution in [-0.4, -0.2) is 80.6 Å². The molecule has 3 aromatic rings. The van der Waals surface area contributed by atoms with Gasteiger partial charge >= 0.3 is 0 Å². The molecule has 0 aromatic heterocycles. The number of benzene rings is 3. The lowest BCUT2D eigenvalue weighted by atomic mass is 10.1. The van der Waals surface area contributed by atoms with Gasteiger partial charge in [0.05, 0.1) is 46.4 Å². The first-order valence-electron chi connectivity index (χ1n) is 13.2. The average Bonchev–Trinajstić information content (AvgIpc) is 3.02. The first-order valence-corrected chi connectivity index (χ1v) is 14.6. The van der Waals surface area contributed by atoms with Gasteiger partial charge in [0.25, 0.3) is 0 Å². The Morgan fingerprint density at radius 2 is 1.52 bits per heavy atom. The number of rotatable bonds is 10. The Kier molecular flexibility index (Phi) is 10.6. The lowest BCUT2D eigenvalue weighted by molar-refractivity contribution is -0.116. The molecule has 1 N–H and O–H groups in total. The third-order valence-electron chi connectivity index (χ3n) is 6.89. The van der Waals surface area contributed by atoms with E-state index in [1.54, 1.807) is 47.4 Å². The van der Waals surface area contributed by atoms with Crippen LogP contribution < -0.4 is 28.7 Å². The monoisotopic (exact) mass is 615 g/mol. The van der Waals surface area contributed by atoms with Crippen LogP contribution in [0.4, 0.5) is 15.8 Å². The Bertz CT molecular complexity index is 1380. The van der Waals surface area contributed by atoms with E-state index >= 15 is 0 Å². The first-order chi connectivity index (χ1) is 20.3. The molecule has 1 aliphatic rings. The van der Waals surface area contributed by atoms with Crippen molar-refractivity contribution in [1.82, 2.24) is 4.90 Å². The third-order valence-corrected chi connectivity index (χ3v) is 8.40. The van der Waals surface area contributed by atoms with E-state index in [4.69, 9.17) is 31.2 Å². The fourth-order valence-corrected chi connectivity index (χ4v) is 5.78. The van der Waals surface area contributed by atoms with Crippen LogP contribution in [0, 0.1) is 5.82 Å². The second-order valence-electron chi connectivity index (χ2n) is 9.37. The minimum absolute atomic E-state index is 0.0253. The highest BCUT2D eigenvalue weighted by molar-refractivity contribution is 8.23. The van der Waals surface area contributed by atoms with Gasteiger partial charge in [-0.3, -0.25) is 4.79 Å². The zero-order valence-corrected chi connectivity index (χ0v) is 25.6. The zero-order chi connectivity index (χ0) is 30.2. The average molecular weight is 616 g/mol. The summed E-state index contributed by atoms with van der Waals surface area (Å²) in [5.41, 5.74) is 2.19. The Morgan fingerprint density at radius 1 is 0.905 bits per heavy atom. The summed E-state index contributed by atoms with van der Waals surface area (Å²) in [6.07, 6.45) is 0. The molecular formula is C30H34FN3O6S2. The zero-order valence-electron chi connectivity index (χ0n) is 24.0. The molecule has 1 heterocycles. The lowest BCUT2D eigenvalue weighted by Crippen LogP contribution is -2.47. The smallest absolute Gasteiger partial charge is 0.237 e. The van der Waals surface area contributed by atoms with Crippen LogP contribution in [0.25, 0.3) is 0 Å². The van der Waals surface area contributed by atoms with Gasteiger partial charge in [0.1, 0.15) is 10.1 Å². The quantitative estimate of drug-likeness (QED) is 0.317. The Balaban J connectivity index is 1.49. The number of hydrogen-bond donors (Lipinski definition) is 1. The topological polar surface area (TPSA) is 83.9 Å². The number of thiocarbonyl (C=S) groups is 1. The molecule has 1 saturated heterocycles. The molecule has 224 valence electrons. The maximum atomic E-state index is 13.7. The predicted octanol–water partition coefficient (Wildman–Crippen LogP) is 4.94. The number of methoxy groups -OCH3 is 4. The van der Waals surface area contributed by atoms with E-state index < -0.39 is 0 Å². The van der Waals surface area contributed by atoms with Gasteiger partial charge in [0.2, 0.25) is 11.7 Å². The molecule has 0 saturated carbocycles. The van der Waals surface area contributed by atoms with Gasteiger partial charge in [0, 0.05) is 44.0 Å². The number of hydrogen-bond acceptors (Lipinski definition) is 9. The van der Waals surface area contributed by atoms with Gasteiger partial charge in [-0.1, -0.05) is 30.0 Å². The Labute approximate surface area is 254 Å². The van der Waals surface area contributed by atoms with Crippen LogP contribution >= 0.6 is 24.0 Å². The number of phenolic OH excluding ortho intramolecular Hbond substituents is 1. The standard InChI is InChI=1S/C30H34FN3O6S2/c1-37-25-10-5-20(15-24(25)35)18-34(23-16-26(38-2)29(40-4)27(17-23)39-3)28(36)19-42-30(41)33-13-11-32(12-14-33)22-8-6-21(31)7-9-22/h5-10,15-17,35H,11-14,18-19H2,1-4H3. The summed E-state index contributed by atoms with van der Waals surface area (Å²) in [5.74, 6) is 1.17. The molecule has 1 amide bonds. The predicted molar refractivity (Wildman–Crippen MR) is 167 cm³/mol. The molecule has 0 bridgehead atoms. The van der Waals surface area contributed by atoms with Crippen LogP contribution in [0.1, 0.15) is 5.56 Å². The molecule has 9 nitrogen and oxygen atoms in total. The number of ether oxygens (including phenoxy) is 4. The van der Waals surface area contributed by atoms with E-state index in [1.165, 1.54) is 52.3 Å². The molecule has 0 unspecified atom stereocenters. The van der Waals surface area contributed by atoms with Gasteiger partial charge in [-0.15, -0.1) is 0 Å². The number of piperazine rings is 1. The fourth-order valence-electron chi connectivity index (χ4n) is 4.65. The molecule has 12 heteroatoms. The van der Waals surface area contributed by atoms with Crippen molar-refractivity contribution >= 4 is 45.6 Å². The molecule has 0 aliphatic carbocycles. The lowest BCUT2D eigenvalue weighted by Gasteiger charge is -2.37. The van der Waals surface area contributed by atoms with Crippen molar-refractivity contribution in [1.29, 1.82) is 0 Å². The van der Waals surface area contributed by atoms with E-state index in [-0.39, 0.29) is 29.8 Å². The molecule has 0 radical (unpaired) electrons. The number of thioether (sulfide) groups is 1. The van der Waals surface area contributed by atoms with Crippen molar-refractivity contribution in [3.63, 3.8) is 0 Å². The van der Waals surface area contributed by atoms with E-state index in [1.807, 2.05) is 0 Å². The number of anilines is 2. The van der Waals surface area contributed by atoms with Crippen LogP contribution in [-0.2, 0) is 11.3 Å². The normalized spacial score (nSPS) is 13.0. The van der Waals surface area contributed by atoms with Crippen molar-refractivity contribution in [2.75, 3.05) is 70.2 Å². The summed E-state index contributed by atoms with van der Waals surface area (Å²) in [5, 5.41) is 10.3. The molecule has 0 atom stereocenters. The summed E-state index contributed by atoms with van der Waals surface area (Å²) < 4.78 is 35.6. The number of aromatic hydroxyl groups is 1. The van der Waals surface area contributed by atoms with Crippen molar-refractivity contribution in [2.45, 2.75) is 6.54 Å². The summed E-state index contributed by atoms with van der Waals surface area (Å²) in [6.45, 7) is 3.02. The highest BCUT2D eigenvalue weighted by Crippen LogP contribution is 2.41. The van der Waals surface area contributed by atoms with Crippen molar-refractivity contribution < 1.29 is 33.2 Å². The van der Waals surface area contributed by atoms with Crippen LogP contribution in [0.3, 0.4) is 0 Å². The van der Waals surface area contributed by atoms with E-state index in [9.17, 15) is 14.3 Å². The van der Waals surface area contributed by atoms with Gasteiger partial charge < -0.3 is 38.8 Å². The number of carbonyl (C=O) groups is 1. The van der Waals surface area contributed by atoms with Crippen LogP contribution in [0.2, 0.25) is 0 Å². The van der Waals surface area contributed by atoms with Crippen molar-refractivity contribution in [2.24, 2.45) is 0 Å². The Morgan fingerprint density at radius 3 is 2.07 bits per heavy atom. The summed E-state index contributed by atoms with van der Waals surface area (Å²) >= 11 is 7.00. The summed E-state index contributed by atoms with van der Waals surface area (Å²) in [7, 11) is 6.01. The maximum absolute atomic E-state index is 13.7. The number of phenols is 1. The molecule has 0 spiro atoms. The second-order valence-corrected chi connectivity index (χ2v) is 11.0. The summed E-state index contributed by atoms with van der Waals surface area (Å²) in [6, 6.07) is 14.9. The molecule has 1 fully saturated rings. The number of amides is 1. The van der Waals surface area contributed by atoms with Gasteiger partial charge in [0.15, 0.2) is 23.0 Å². The third kappa shape index (κ3) is 7.29. The number of halogens is 1. The molecule has 4 rings (SSSR count). The second kappa shape index (κ2) is 14.3. The molecular weight excluding hydrogens is 581 g/mol. The highest BCUT2D eigenvalue weighted by Gasteiger charge is 2.25. The van der Waals surface area contributed by atoms with Gasteiger partial charge in [-0.25, -0.2) is 4.39 Å². The minimum Gasteiger partial charge on any atom is -0.504 e. The maximum Gasteiger partial charge on any atom is 0.237 e. The first kappa shape index (κ1) is 31.0. The largest absolute Gasteiger partial charge is 0.504 e. The SMILES string of the molecule is COc1ccc(CN(C(=O)CSC(=S)N2CCN(c3ccc(F)cc3)CC2)c2cc(OC)c(OC)c(OC)c2)cc1O. The number of nitrogens with zero attached hydrogens (tertiary/aromatic N) is 3.